The summed E-state index contributed by atoms with van der Waals surface area (Å²) in [5.41, 5.74) is 1.24. The fourth-order valence-corrected chi connectivity index (χ4v) is 3.80. The van der Waals surface area contributed by atoms with E-state index in [0.717, 1.165) is 22.5 Å². The average molecular weight is 421 g/mol. The number of halogens is 2. The van der Waals surface area contributed by atoms with Gasteiger partial charge >= 0.3 is 0 Å². The predicted octanol–water partition coefficient (Wildman–Crippen LogP) is 5.87. The lowest BCUT2D eigenvalue weighted by atomic mass is 9.96. The van der Waals surface area contributed by atoms with Gasteiger partial charge in [0.05, 0.1) is 17.7 Å². The molecule has 1 aromatic carbocycles. The molecule has 1 saturated carbocycles. The molecule has 0 saturated heterocycles. The van der Waals surface area contributed by atoms with Gasteiger partial charge < -0.3 is 14.8 Å². The molecule has 0 amide bonds. The molecule has 5 heteroatoms. The number of hydrogen-bond acceptors (Lipinski definition) is 3. The third-order valence-electron chi connectivity index (χ3n) is 4.36. The quantitative estimate of drug-likeness (QED) is 0.598. The summed E-state index contributed by atoms with van der Waals surface area (Å²) in [5, 5.41) is 3.74. The van der Waals surface area contributed by atoms with Gasteiger partial charge in [-0.3, -0.25) is 0 Å². The zero-order chi connectivity index (χ0) is 16.5. The van der Waals surface area contributed by atoms with E-state index < -0.39 is 0 Å². The smallest absolute Gasteiger partial charge is 0.175 e. The summed E-state index contributed by atoms with van der Waals surface area (Å²) in [6.45, 7) is 6.16. The Kier molecular flexibility index (Phi) is 10.8. The summed E-state index contributed by atoms with van der Waals surface area (Å²) in [7, 11) is 0. The maximum absolute atomic E-state index is 5.76. The molecule has 2 rings (SSSR count). The molecule has 1 aliphatic carbocycles. The van der Waals surface area contributed by atoms with Crippen molar-refractivity contribution in [2.75, 3.05) is 13.2 Å². The van der Waals surface area contributed by atoms with Crippen LogP contribution in [0, 0.1) is 0 Å². The SMILES string of the molecule is CCOc1cc(CNC2CCCCCCC2)cc(Br)c1OCC.Cl. The maximum atomic E-state index is 5.76. The number of hydrogen-bond donors (Lipinski definition) is 1. The van der Waals surface area contributed by atoms with Crippen LogP contribution in [0.2, 0.25) is 0 Å². The first-order valence-corrected chi connectivity index (χ1v) is 9.85. The molecule has 3 nitrogen and oxygen atoms in total. The van der Waals surface area contributed by atoms with E-state index in [1.165, 1.54) is 50.5 Å². The Balaban J connectivity index is 0.00000288. The minimum Gasteiger partial charge on any atom is -0.490 e. The van der Waals surface area contributed by atoms with Gasteiger partial charge in [0.15, 0.2) is 11.5 Å². The minimum absolute atomic E-state index is 0. The highest BCUT2D eigenvalue weighted by molar-refractivity contribution is 9.10. The normalized spacial score (nSPS) is 16.0. The first-order valence-electron chi connectivity index (χ1n) is 9.06. The zero-order valence-corrected chi connectivity index (χ0v) is 17.3. The fourth-order valence-electron chi connectivity index (χ4n) is 3.19. The van der Waals surface area contributed by atoms with Crippen molar-refractivity contribution >= 4 is 28.3 Å². The molecule has 0 radical (unpaired) electrons. The Bertz CT molecular complexity index is 477. The molecule has 1 fully saturated rings. The summed E-state index contributed by atoms with van der Waals surface area (Å²) in [6.07, 6.45) is 9.51. The molecule has 0 spiro atoms. The van der Waals surface area contributed by atoms with Crippen LogP contribution in [0.4, 0.5) is 0 Å². The fraction of sp³-hybridized carbons (Fsp3) is 0.684. The number of benzene rings is 1. The molecule has 1 aliphatic rings. The van der Waals surface area contributed by atoms with E-state index in [4.69, 9.17) is 9.47 Å². The molecule has 0 heterocycles. The Labute approximate surface area is 161 Å². The predicted molar refractivity (Wildman–Crippen MR) is 107 cm³/mol. The van der Waals surface area contributed by atoms with Crippen molar-refractivity contribution in [1.29, 1.82) is 0 Å². The summed E-state index contributed by atoms with van der Waals surface area (Å²) >= 11 is 3.63. The third kappa shape index (κ3) is 6.81. The van der Waals surface area contributed by atoms with Crippen LogP contribution in [0.15, 0.2) is 16.6 Å². The van der Waals surface area contributed by atoms with E-state index >= 15 is 0 Å². The van der Waals surface area contributed by atoms with Gasteiger partial charge in [-0.05, 0) is 60.3 Å². The first-order chi connectivity index (χ1) is 11.2. The average Bonchev–Trinajstić information content (AvgIpc) is 2.50. The van der Waals surface area contributed by atoms with Crippen molar-refractivity contribution in [3.63, 3.8) is 0 Å². The molecule has 1 N–H and O–H groups in total. The summed E-state index contributed by atoms with van der Waals surface area (Å²) in [4.78, 5) is 0. The molecule has 138 valence electrons. The second-order valence-electron chi connectivity index (χ2n) is 6.19. The minimum atomic E-state index is 0. The number of rotatable bonds is 7. The Hall–Kier alpha value is -0.450. The van der Waals surface area contributed by atoms with Crippen LogP contribution in [0.1, 0.15) is 64.4 Å². The summed E-state index contributed by atoms with van der Waals surface area (Å²) in [6, 6.07) is 4.90. The van der Waals surface area contributed by atoms with Crippen molar-refractivity contribution in [2.24, 2.45) is 0 Å². The maximum Gasteiger partial charge on any atom is 0.175 e. The van der Waals surface area contributed by atoms with E-state index in [-0.39, 0.29) is 12.4 Å². The van der Waals surface area contributed by atoms with Crippen molar-refractivity contribution in [1.82, 2.24) is 5.32 Å². The highest BCUT2D eigenvalue weighted by Gasteiger charge is 2.14. The summed E-state index contributed by atoms with van der Waals surface area (Å²) < 4.78 is 12.4. The van der Waals surface area contributed by atoms with E-state index in [1.54, 1.807) is 0 Å². The van der Waals surface area contributed by atoms with Crippen LogP contribution < -0.4 is 14.8 Å². The Morgan fingerprint density at radius 3 is 2.25 bits per heavy atom. The molecule has 0 aliphatic heterocycles. The third-order valence-corrected chi connectivity index (χ3v) is 4.95. The van der Waals surface area contributed by atoms with Crippen LogP contribution in [0.3, 0.4) is 0 Å². The Morgan fingerprint density at radius 2 is 1.62 bits per heavy atom. The van der Waals surface area contributed by atoms with Gasteiger partial charge in [-0.15, -0.1) is 12.4 Å². The van der Waals surface area contributed by atoms with Gasteiger partial charge in [-0.25, -0.2) is 0 Å². The van der Waals surface area contributed by atoms with Crippen molar-refractivity contribution in [2.45, 2.75) is 71.4 Å². The van der Waals surface area contributed by atoms with Crippen molar-refractivity contribution in [3.8, 4) is 11.5 Å². The molecule has 24 heavy (non-hydrogen) atoms. The second-order valence-corrected chi connectivity index (χ2v) is 7.05. The monoisotopic (exact) mass is 419 g/mol. The topological polar surface area (TPSA) is 30.5 Å². The summed E-state index contributed by atoms with van der Waals surface area (Å²) in [5.74, 6) is 1.64. The lowest BCUT2D eigenvalue weighted by Crippen LogP contribution is -2.29. The van der Waals surface area contributed by atoms with Crippen LogP contribution in [0.25, 0.3) is 0 Å². The first kappa shape index (κ1) is 21.6. The zero-order valence-electron chi connectivity index (χ0n) is 14.9. The highest BCUT2D eigenvalue weighted by atomic mass is 79.9. The molecule has 0 bridgehead atoms. The van der Waals surface area contributed by atoms with Crippen molar-refractivity contribution < 1.29 is 9.47 Å². The van der Waals surface area contributed by atoms with Crippen LogP contribution in [0.5, 0.6) is 11.5 Å². The largest absolute Gasteiger partial charge is 0.490 e. The van der Waals surface area contributed by atoms with Gasteiger partial charge in [0, 0.05) is 12.6 Å². The van der Waals surface area contributed by atoms with Crippen molar-refractivity contribution in [3.05, 3.63) is 22.2 Å². The lowest BCUT2D eigenvalue weighted by Gasteiger charge is -2.22. The van der Waals surface area contributed by atoms with E-state index in [2.05, 4.69) is 33.4 Å². The molecule has 0 unspecified atom stereocenters. The van der Waals surface area contributed by atoms with E-state index in [9.17, 15) is 0 Å². The standard InChI is InChI=1S/C19H30BrNO2.ClH/c1-3-22-18-13-15(12-17(20)19(18)23-4-2)14-21-16-10-8-6-5-7-9-11-16;/h12-13,16,21H,3-11,14H2,1-2H3;1H. The van der Waals surface area contributed by atoms with Gasteiger partial charge in [0.1, 0.15) is 0 Å². The van der Waals surface area contributed by atoms with E-state index in [0.29, 0.717) is 19.3 Å². The van der Waals surface area contributed by atoms with Crippen LogP contribution in [-0.2, 0) is 6.54 Å². The number of ether oxygens (including phenoxy) is 2. The molecule has 0 aromatic heterocycles. The van der Waals surface area contributed by atoms with Crippen LogP contribution in [-0.4, -0.2) is 19.3 Å². The van der Waals surface area contributed by atoms with Gasteiger partial charge in [-0.1, -0.05) is 32.1 Å². The molecular formula is C19H31BrClNO2. The van der Waals surface area contributed by atoms with E-state index in [1.807, 2.05) is 13.8 Å². The Morgan fingerprint density at radius 1 is 1.00 bits per heavy atom. The molecule has 1 aromatic rings. The highest BCUT2D eigenvalue weighted by Crippen LogP contribution is 2.37. The molecule has 0 atom stereocenters. The van der Waals surface area contributed by atoms with Gasteiger partial charge in [-0.2, -0.15) is 0 Å². The second kappa shape index (κ2) is 12.0. The van der Waals surface area contributed by atoms with Gasteiger partial charge in [0.2, 0.25) is 0 Å². The lowest BCUT2D eigenvalue weighted by molar-refractivity contribution is 0.285. The van der Waals surface area contributed by atoms with Gasteiger partial charge in [0.25, 0.3) is 0 Å². The number of nitrogens with one attached hydrogen (secondary N) is 1. The molecular weight excluding hydrogens is 390 g/mol. The van der Waals surface area contributed by atoms with Crippen LogP contribution >= 0.6 is 28.3 Å².